The molecular weight excluding hydrogens is 224 g/mol. The van der Waals surface area contributed by atoms with E-state index in [1.54, 1.807) is 27.7 Å². The van der Waals surface area contributed by atoms with Crippen LogP contribution in [0.2, 0.25) is 0 Å². The lowest BCUT2D eigenvalue weighted by Crippen LogP contribution is -2.54. The SMILES string of the molecule is COCC(C)NC(=O)N[C@@H](C(=O)O)C(C)(C)C. The van der Waals surface area contributed by atoms with Crippen molar-refractivity contribution in [2.24, 2.45) is 5.41 Å². The highest BCUT2D eigenvalue weighted by Crippen LogP contribution is 2.19. The smallest absolute Gasteiger partial charge is 0.326 e. The summed E-state index contributed by atoms with van der Waals surface area (Å²) in [6.07, 6.45) is 0. The topological polar surface area (TPSA) is 87.7 Å². The number of amides is 2. The molecule has 0 aromatic rings. The molecule has 0 rings (SSSR count). The summed E-state index contributed by atoms with van der Waals surface area (Å²) in [4.78, 5) is 22.6. The molecule has 0 aliphatic carbocycles. The molecule has 3 N–H and O–H groups in total. The molecular formula is C11H22N2O4. The maximum Gasteiger partial charge on any atom is 0.326 e. The van der Waals surface area contributed by atoms with E-state index in [0.717, 1.165) is 0 Å². The van der Waals surface area contributed by atoms with Gasteiger partial charge in [0.05, 0.1) is 12.6 Å². The fourth-order valence-corrected chi connectivity index (χ4v) is 1.34. The number of carbonyl (C=O) groups excluding carboxylic acids is 1. The average Bonchev–Trinajstić information content (AvgIpc) is 2.12. The van der Waals surface area contributed by atoms with Gasteiger partial charge >= 0.3 is 12.0 Å². The first-order chi connectivity index (χ1) is 7.68. The quantitative estimate of drug-likeness (QED) is 0.670. The zero-order valence-corrected chi connectivity index (χ0v) is 11.0. The monoisotopic (exact) mass is 246 g/mol. The summed E-state index contributed by atoms with van der Waals surface area (Å²) in [6, 6.07) is -1.61. The molecule has 0 bridgehead atoms. The Balaban J connectivity index is 4.38. The van der Waals surface area contributed by atoms with Crippen molar-refractivity contribution < 1.29 is 19.4 Å². The van der Waals surface area contributed by atoms with Crippen molar-refractivity contribution in [1.82, 2.24) is 10.6 Å². The predicted octanol–water partition coefficient (Wildman–Crippen LogP) is 0.820. The van der Waals surface area contributed by atoms with Crippen molar-refractivity contribution in [2.75, 3.05) is 13.7 Å². The minimum atomic E-state index is -1.05. The van der Waals surface area contributed by atoms with Gasteiger partial charge < -0.3 is 20.5 Å². The zero-order valence-electron chi connectivity index (χ0n) is 11.0. The first-order valence-electron chi connectivity index (χ1n) is 5.47. The first kappa shape index (κ1) is 15.7. The van der Waals surface area contributed by atoms with Crippen molar-refractivity contribution in [2.45, 2.75) is 39.8 Å². The molecule has 17 heavy (non-hydrogen) atoms. The number of aliphatic carboxylic acids is 1. The third-order valence-electron chi connectivity index (χ3n) is 2.18. The standard InChI is InChI=1S/C11H22N2O4/c1-7(6-17-5)12-10(16)13-8(9(14)15)11(2,3)4/h7-8H,6H2,1-5H3,(H,14,15)(H2,12,13,16)/t7?,8-/m0/s1. The lowest BCUT2D eigenvalue weighted by atomic mass is 9.87. The van der Waals surface area contributed by atoms with Crippen molar-refractivity contribution in [3.63, 3.8) is 0 Å². The Morgan fingerprint density at radius 3 is 2.18 bits per heavy atom. The van der Waals surface area contributed by atoms with Crippen molar-refractivity contribution in [1.29, 1.82) is 0 Å². The highest BCUT2D eigenvalue weighted by molar-refractivity contribution is 5.83. The first-order valence-corrected chi connectivity index (χ1v) is 5.47. The summed E-state index contributed by atoms with van der Waals surface area (Å²) in [5.74, 6) is -1.05. The average molecular weight is 246 g/mol. The Bertz CT molecular complexity index is 273. The van der Waals surface area contributed by atoms with Crippen LogP contribution in [0.3, 0.4) is 0 Å². The van der Waals surface area contributed by atoms with Crippen molar-refractivity contribution in [3.05, 3.63) is 0 Å². The van der Waals surface area contributed by atoms with Crippen LogP contribution in [0.4, 0.5) is 4.79 Å². The van der Waals surface area contributed by atoms with E-state index in [9.17, 15) is 9.59 Å². The molecule has 0 spiro atoms. The number of carboxylic acids is 1. The lowest BCUT2D eigenvalue weighted by molar-refractivity contribution is -0.141. The normalized spacial score (nSPS) is 14.9. The molecule has 100 valence electrons. The van der Waals surface area contributed by atoms with E-state index < -0.39 is 23.5 Å². The maximum atomic E-state index is 11.5. The molecule has 0 saturated carbocycles. The Kier molecular flexibility index (Phi) is 5.95. The van der Waals surface area contributed by atoms with Gasteiger partial charge in [-0.3, -0.25) is 0 Å². The molecule has 0 aliphatic rings. The number of urea groups is 1. The lowest BCUT2D eigenvalue weighted by Gasteiger charge is -2.28. The Hall–Kier alpha value is -1.30. The maximum absolute atomic E-state index is 11.5. The van der Waals surface area contributed by atoms with Crippen LogP contribution in [0, 0.1) is 5.41 Å². The molecule has 0 heterocycles. The van der Waals surface area contributed by atoms with Gasteiger partial charge in [0.1, 0.15) is 6.04 Å². The van der Waals surface area contributed by atoms with E-state index in [1.165, 1.54) is 7.11 Å². The second-order valence-corrected chi connectivity index (χ2v) is 5.11. The Morgan fingerprint density at radius 1 is 1.29 bits per heavy atom. The van der Waals surface area contributed by atoms with E-state index >= 15 is 0 Å². The molecule has 2 amide bonds. The predicted molar refractivity (Wildman–Crippen MR) is 63.9 cm³/mol. The van der Waals surface area contributed by atoms with Gasteiger partial charge in [0, 0.05) is 7.11 Å². The fraction of sp³-hybridized carbons (Fsp3) is 0.818. The number of hydrogen-bond acceptors (Lipinski definition) is 3. The molecule has 0 aliphatic heterocycles. The minimum absolute atomic E-state index is 0.172. The second-order valence-electron chi connectivity index (χ2n) is 5.11. The van der Waals surface area contributed by atoms with Gasteiger partial charge in [-0.2, -0.15) is 0 Å². The summed E-state index contributed by atoms with van der Waals surface area (Å²) in [5.41, 5.74) is -0.548. The molecule has 0 aromatic carbocycles. The Labute approximate surface area is 102 Å². The summed E-state index contributed by atoms with van der Waals surface area (Å²) >= 11 is 0. The molecule has 6 nitrogen and oxygen atoms in total. The summed E-state index contributed by atoms with van der Waals surface area (Å²) in [5, 5.41) is 14.1. The summed E-state index contributed by atoms with van der Waals surface area (Å²) in [7, 11) is 1.53. The van der Waals surface area contributed by atoms with Crippen molar-refractivity contribution in [3.8, 4) is 0 Å². The van der Waals surface area contributed by atoms with E-state index in [1.807, 2.05) is 0 Å². The van der Waals surface area contributed by atoms with Crippen LogP contribution in [0.1, 0.15) is 27.7 Å². The number of carboxylic acid groups (broad SMARTS) is 1. The van der Waals surface area contributed by atoms with Crippen LogP contribution >= 0.6 is 0 Å². The third-order valence-corrected chi connectivity index (χ3v) is 2.18. The van der Waals surface area contributed by atoms with E-state index in [-0.39, 0.29) is 6.04 Å². The van der Waals surface area contributed by atoms with Crippen LogP contribution in [0.5, 0.6) is 0 Å². The van der Waals surface area contributed by atoms with Gasteiger partial charge in [0.15, 0.2) is 0 Å². The minimum Gasteiger partial charge on any atom is -0.480 e. The van der Waals surface area contributed by atoms with Crippen LogP contribution in [0.15, 0.2) is 0 Å². The zero-order chi connectivity index (χ0) is 13.6. The number of methoxy groups -OCH3 is 1. The van der Waals surface area contributed by atoms with Crippen LogP contribution in [0.25, 0.3) is 0 Å². The molecule has 0 saturated heterocycles. The van der Waals surface area contributed by atoms with Gasteiger partial charge in [-0.1, -0.05) is 20.8 Å². The van der Waals surface area contributed by atoms with E-state index in [4.69, 9.17) is 9.84 Å². The van der Waals surface area contributed by atoms with E-state index in [0.29, 0.717) is 6.61 Å². The van der Waals surface area contributed by atoms with Crippen LogP contribution in [-0.4, -0.2) is 42.9 Å². The highest BCUT2D eigenvalue weighted by Gasteiger charge is 2.32. The number of hydrogen-bond donors (Lipinski definition) is 3. The Morgan fingerprint density at radius 2 is 1.82 bits per heavy atom. The van der Waals surface area contributed by atoms with Crippen LogP contribution in [-0.2, 0) is 9.53 Å². The fourth-order valence-electron chi connectivity index (χ4n) is 1.34. The van der Waals surface area contributed by atoms with Gasteiger partial charge in [0.2, 0.25) is 0 Å². The van der Waals surface area contributed by atoms with Gasteiger partial charge in [-0.05, 0) is 12.3 Å². The van der Waals surface area contributed by atoms with Crippen LogP contribution < -0.4 is 10.6 Å². The van der Waals surface area contributed by atoms with E-state index in [2.05, 4.69) is 10.6 Å². The number of nitrogens with one attached hydrogen (secondary N) is 2. The second kappa shape index (κ2) is 6.44. The molecule has 0 fully saturated rings. The number of carbonyl (C=O) groups is 2. The van der Waals surface area contributed by atoms with Gasteiger partial charge in [-0.15, -0.1) is 0 Å². The molecule has 2 atom stereocenters. The molecule has 1 unspecified atom stereocenters. The molecule has 0 aromatic heterocycles. The number of ether oxygens (including phenoxy) is 1. The number of rotatable bonds is 5. The largest absolute Gasteiger partial charge is 0.480 e. The summed E-state index contributed by atoms with van der Waals surface area (Å²) < 4.78 is 4.87. The van der Waals surface area contributed by atoms with Gasteiger partial charge in [0.25, 0.3) is 0 Å². The molecule has 0 radical (unpaired) electrons. The highest BCUT2D eigenvalue weighted by atomic mass is 16.5. The third kappa shape index (κ3) is 6.11. The van der Waals surface area contributed by atoms with Crippen molar-refractivity contribution >= 4 is 12.0 Å². The summed E-state index contributed by atoms with van der Waals surface area (Å²) in [6.45, 7) is 7.41. The van der Waals surface area contributed by atoms with Gasteiger partial charge in [-0.25, -0.2) is 9.59 Å². The molecule has 6 heteroatoms.